The van der Waals surface area contributed by atoms with Crippen molar-refractivity contribution in [2.45, 2.75) is 38.6 Å². The molecule has 3 nitrogen and oxygen atoms in total. The number of carbonyl (C=O) groups is 1. The van der Waals surface area contributed by atoms with E-state index in [0.29, 0.717) is 12.8 Å². The van der Waals surface area contributed by atoms with Crippen LogP contribution in [-0.4, -0.2) is 19.1 Å². The average molecular weight is 408 g/mol. The summed E-state index contributed by atoms with van der Waals surface area (Å²) < 4.78 is 19.6. The number of halogens is 2. The largest absolute Gasteiger partial charge is 0.494 e. The van der Waals surface area contributed by atoms with Crippen LogP contribution in [0.15, 0.2) is 46.9 Å². The van der Waals surface area contributed by atoms with E-state index in [4.69, 9.17) is 4.74 Å². The van der Waals surface area contributed by atoms with Crippen molar-refractivity contribution in [3.8, 4) is 5.75 Å². The molecule has 0 aromatic heterocycles. The first-order chi connectivity index (χ1) is 12.0. The highest BCUT2D eigenvalue weighted by atomic mass is 79.9. The molecule has 0 aliphatic heterocycles. The first-order valence-corrected chi connectivity index (χ1v) is 9.13. The number of rotatable bonds is 8. The quantitative estimate of drug-likeness (QED) is 0.690. The monoisotopic (exact) mass is 407 g/mol. The van der Waals surface area contributed by atoms with Crippen LogP contribution in [0.5, 0.6) is 5.75 Å². The van der Waals surface area contributed by atoms with Gasteiger partial charge in [0.05, 0.1) is 7.11 Å². The maximum absolute atomic E-state index is 13.6. The second kappa shape index (κ2) is 9.56. The van der Waals surface area contributed by atoms with E-state index in [-0.39, 0.29) is 17.7 Å². The molecular formula is C20H23BrFNO2. The Hall–Kier alpha value is -1.88. The van der Waals surface area contributed by atoms with E-state index in [0.717, 1.165) is 22.9 Å². The van der Waals surface area contributed by atoms with Gasteiger partial charge in [0.25, 0.3) is 0 Å². The van der Waals surface area contributed by atoms with Crippen LogP contribution >= 0.6 is 15.9 Å². The molecule has 0 aliphatic carbocycles. The standard InChI is InChI=1S/C20H23BrFNO2/c1-14(3-4-15-5-9-17(21)10-6-15)23-20(24)12-8-16-7-11-19(25-2)18(22)13-16/h5-7,9-11,13-14H,3-4,8,12H2,1-2H3,(H,23,24). The van der Waals surface area contributed by atoms with Crippen molar-refractivity contribution in [3.63, 3.8) is 0 Å². The summed E-state index contributed by atoms with van der Waals surface area (Å²) in [6, 6.07) is 13.1. The lowest BCUT2D eigenvalue weighted by Gasteiger charge is -2.14. The summed E-state index contributed by atoms with van der Waals surface area (Å²) in [7, 11) is 1.43. The fourth-order valence-electron chi connectivity index (χ4n) is 2.58. The lowest BCUT2D eigenvalue weighted by molar-refractivity contribution is -0.121. The van der Waals surface area contributed by atoms with Gasteiger partial charge in [0.2, 0.25) is 5.91 Å². The highest BCUT2D eigenvalue weighted by Crippen LogP contribution is 2.18. The first-order valence-electron chi connectivity index (χ1n) is 8.34. The van der Waals surface area contributed by atoms with E-state index in [9.17, 15) is 9.18 Å². The highest BCUT2D eigenvalue weighted by molar-refractivity contribution is 9.10. The minimum absolute atomic E-state index is 0.0143. The molecule has 0 heterocycles. The Labute approximate surface area is 156 Å². The summed E-state index contributed by atoms with van der Waals surface area (Å²) >= 11 is 3.42. The number of amides is 1. The van der Waals surface area contributed by atoms with Crippen LogP contribution < -0.4 is 10.1 Å². The van der Waals surface area contributed by atoms with Gasteiger partial charge in [0.15, 0.2) is 11.6 Å². The number of benzene rings is 2. The molecule has 134 valence electrons. The Morgan fingerprint density at radius 3 is 2.48 bits per heavy atom. The SMILES string of the molecule is COc1ccc(CCC(=O)NC(C)CCc2ccc(Br)cc2)cc1F. The molecule has 1 N–H and O–H groups in total. The second-order valence-electron chi connectivity index (χ2n) is 6.10. The van der Waals surface area contributed by atoms with E-state index in [1.54, 1.807) is 12.1 Å². The Bertz CT molecular complexity index is 703. The van der Waals surface area contributed by atoms with Crippen LogP contribution in [0.3, 0.4) is 0 Å². The molecule has 2 aromatic rings. The third-order valence-corrected chi connectivity index (χ3v) is 4.57. The Morgan fingerprint density at radius 1 is 1.16 bits per heavy atom. The van der Waals surface area contributed by atoms with Crippen molar-refractivity contribution < 1.29 is 13.9 Å². The Kier molecular flexibility index (Phi) is 7.44. The molecule has 1 unspecified atom stereocenters. The molecule has 0 saturated carbocycles. The van der Waals surface area contributed by atoms with Crippen molar-refractivity contribution >= 4 is 21.8 Å². The van der Waals surface area contributed by atoms with Gasteiger partial charge in [-0.05, 0) is 61.6 Å². The summed E-state index contributed by atoms with van der Waals surface area (Å²) in [5.41, 5.74) is 2.04. The van der Waals surface area contributed by atoms with Gasteiger partial charge in [-0.3, -0.25) is 4.79 Å². The maximum atomic E-state index is 13.6. The molecule has 0 fully saturated rings. The van der Waals surface area contributed by atoms with Crippen molar-refractivity contribution in [1.29, 1.82) is 0 Å². The van der Waals surface area contributed by atoms with Gasteiger partial charge in [0.1, 0.15) is 0 Å². The van der Waals surface area contributed by atoms with E-state index in [1.165, 1.54) is 18.7 Å². The molecule has 2 rings (SSSR count). The van der Waals surface area contributed by atoms with Gasteiger partial charge in [0, 0.05) is 16.9 Å². The molecule has 0 bridgehead atoms. The zero-order valence-electron chi connectivity index (χ0n) is 14.5. The molecule has 5 heteroatoms. The van der Waals surface area contributed by atoms with E-state index < -0.39 is 5.82 Å². The summed E-state index contributed by atoms with van der Waals surface area (Å²) in [6.45, 7) is 2.00. The van der Waals surface area contributed by atoms with Crippen molar-refractivity contribution in [2.75, 3.05) is 7.11 Å². The van der Waals surface area contributed by atoms with Crippen molar-refractivity contribution in [3.05, 3.63) is 63.9 Å². The van der Waals surface area contributed by atoms with Gasteiger partial charge in [-0.1, -0.05) is 34.1 Å². The van der Waals surface area contributed by atoms with Crippen LogP contribution in [0.1, 0.15) is 30.9 Å². The van der Waals surface area contributed by atoms with Crippen LogP contribution in [0.25, 0.3) is 0 Å². The minimum Gasteiger partial charge on any atom is -0.494 e. The maximum Gasteiger partial charge on any atom is 0.220 e. The Balaban J connectivity index is 1.73. The van der Waals surface area contributed by atoms with Gasteiger partial charge >= 0.3 is 0 Å². The van der Waals surface area contributed by atoms with Gasteiger partial charge in [-0.2, -0.15) is 0 Å². The molecule has 0 aliphatic rings. The third kappa shape index (κ3) is 6.50. The van der Waals surface area contributed by atoms with Gasteiger partial charge in [-0.25, -0.2) is 4.39 Å². The number of aryl methyl sites for hydroxylation is 2. The molecule has 1 amide bonds. The Morgan fingerprint density at radius 2 is 1.84 bits per heavy atom. The topological polar surface area (TPSA) is 38.3 Å². The summed E-state index contributed by atoms with van der Waals surface area (Å²) in [5, 5.41) is 3.00. The van der Waals surface area contributed by atoms with E-state index >= 15 is 0 Å². The van der Waals surface area contributed by atoms with Crippen LogP contribution in [0.2, 0.25) is 0 Å². The fraction of sp³-hybridized carbons (Fsp3) is 0.350. The number of carbonyl (C=O) groups excluding carboxylic acids is 1. The molecule has 0 saturated heterocycles. The molecule has 1 atom stereocenters. The number of ether oxygens (including phenoxy) is 1. The zero-order chi connectivity index (χ0) is 18.2. The number of nitrogens with one attached hydrogen (secondary N) is 1. The second-order valence-corrected chi connectivity index (χ2v) is 7.02. The van der Waals surface area contributed by atoms with Gasteiger partial charge < -0.3 is 10.1 Å². The lowest BCUT2D eigenvalue weighted by Crippen LogP contribution is -2.33. The number of hydrogen-bond acceptors (Lipinski definition) is 2. The number of methoxy groups -OCH3 is 1. The molecular weight excluding hydrogens is 385 g/mol. The molecule has 0 radical (unpaired) electrons. The molecule has 0 spiro atoms. The molecule has 2 aromatic carbocycles. The smallest absolute Gasteiger partial charge is 0.220 e. The van der Waals surface area contributed by atoms with E-state index in [1.807, 2.05) is 19.1 Å². The number of hydrogen-bond donors (Lipinski definition) is 1. The summed E-state index contributed by atoms with van der Waals surface area (Å²) in [6.07, 6.45) is 2.64. The van der Waals surface area contributed by atoms with E-state index in [2.05, 4.69) is 33.4 Å². The minimum atomic E-state index is -0.400. The highest BCUT2D eigenvalue weighted by Gasteiger charge is 2.09. The predicted octanol–water partition coefficient (Wildman–Crippen LogP) is 4.67. The fourth-order valence-corrected chi connectivity index (χ4v) is 2.84. The van der Waals surface area contributed by atoms with Crippen molar-refractivity contribution in [2.24, 2.45) is 0 Å². The lowest BCUT2D eigenvalue weighted by atomic mass is 10.1. The van der Waals surface area contributed by atoms with Crippen LogP contribution in [0, 0.1) is 5.82 Å². The first kappa shape index (κ1) is 19.4. The molecule has 25 heavy (non-hydrogen) atoms. The van der Waals surface area contributed by atoms with Crippen LogP contribution in [-0.2, 0) is 17.6 Å². The predicted molar refractivity (Wildman–Crippen MR) is 101 cm³/mol. The summed E-state index contributed by atoms with van der Waals surface area (Å²) in [5.74, 6) is -0.197. The average Bonchev–Trinajstić information content (AvgIpc) is 2.59. The van der Waals surface area contributed by atoms with Crippen molar-refractivity contribution in [1.82, 2.24) is 5.32 Å². The van der Waals surface area contributed by atoms with Gasteiger partial charge in [-0.15, -0.1) is 0 Å². The zero-order valence-corrected chi connectivity index (χ0v) is 16.1. The van der Waals surface area contributed by atoms with Crippen LogP contribution in [0.4, 0.5) is 4.39 Å². The normalized spacial score (nSPS) is 11.8. The third-order valence-electron chi connectivity index (χ3n) is 4.04. The summed E-state index contributed by atoms with van der Waals surface area (Å²) in [4.78, 5) is 12.1.